The fourth-order valence-electron chi connectivity index (χ4n) is 2.78. The third kappa shape index (κ3) is 5.46. The van der Waals surface area contributed by atoms with E-state index in [0.717, 1.165) is 47.6 Å². The molecule has 1 aromatic heterocycles. The van der Waals surface area contributed by atoms with Crippen LogP contribution in [0.3, 0.4) is 0 Å². The third-order valence-electron chi connectivity index (χ3n) is 4.13. The molecule has 28 heavy (non-hydrogen) atoms. The lowest BCUT2D eigenvalue weighted by molar-refractivity contribution is -0.670. The molecule has 7 nitrogen and oxygen atoms in total. The molecule has 0 bridgehead atoms. The van der Waals surface area contributed by atoms with Crippen molar-refractivity contribution in [2.24, 2.45) is 0 Å². The lowest BCUT2D eigenvalue weighted by Crippen LogP contribution is -2.82. The standard InChI is InChI=1S/C20H25N5O2S/c1-3-27-19-14-16(10-11-18(19)26-2)15-21-12-7-13-28-20-22-23-24-25(20)17-8-5-4-6-9-17/h4-6,8-11,14,21H,3,7,12-13,15H2,1-2H3/p+1. The van der Waals surface area contributed by atoms with Crippen molar-refractivity contribution in [2.45, 2.75) is 25.0 Å². The molecule has 0 saturated carbocycles. The number of nitrogens with zero attached hydrogens (tertiary/aromatic N) is 4. The van der Waals surface area contributed by atoms with E-state index in [1.54, 1.807) is 23.6 Å². The highest BCUT2D eigenvalue weighted by atomic mass is 32.2. The number of benzene rings is 2. The van der Waals surface area contributed by atoms with E-state index in [1.807, 2.05) is 43.3 Å². The Bertz CT molecular complexity index is 857. The highest BCUT2D eigenvalue weighted by molar-refractivity contribution is 7.99. The van der Waals surface area contributed by atoms with E-state index in [2.05, 4.69) is 33.0 Å². The van der Waals surface area contributed by atoms with Gasteiger partial charge in [-0.25, -0.2) is 0 Å². The second kappa shape index (κ2) is 10.7. The molecular weight excluding hydrogens is 374 g/mol. The summed E-state index contributed by atoms with van der Waals surface area (Å²) in [5.74, 6) is 2.55. The van der Waals surface area contributed by atoms with Crippen LogP contribution in [0, 0.1) is 0 Å². The summed E-state index contributed by atoms with van der Waals surface area (Å²) in [5.41, 5.74) is 2.20. The molecule has 3 rings (SSSR count). The second-order valence-corrected chi connectivity index (χ2v) is 7.17. The smallest absolute Gasteiger partial charge is 0.214 e. The quantitative estimate of drug-likeness (QED) is 0.393. The lowest BCUT2D eigenvalue weighted by Gasteiger charge is -2.10. The number of para-hydroxylation sites is 1. The van der Waals surface area contributed by atoms with Gasteiger partial charge in [-0.3, -0.25) is 0 Å². The summed E-state index contributed by atoms with van der Waals surface area (Å²) >= 11 is 1.68. The first-order valence-corrected chi connectivity index (χ1v) is 10.4. The van der Waals surface area contributed by atoms with E-state index in [-0.39, 0.29) is 0 Å². The van der Waals surface area contributed by atoms with E-state index >= 15 is 0 Å². The fourth-order valence-corrected chi connectivity index (χ4v) is 3.63. The van der Waals surface area contributed by atoms with Crippen molar-refractivity contribution >= 4 is 11.8 Å². The van der Waals surface area contributed by atoms with E-state index in [0.29, 0.717) is 6.61 Å². The molecule has 2 N–H and O–H groups in total. The number of thioether (sulfide) groups is 1. The van der Waals surface area contributed by atoms with Crippen molar-refractivity contribution < 1.29 is 14.8 Å². The van der Waals surface area contributed by atoms with Gasteiger partial charge in [0.25, 0.3) is 0 Å². The second-order valence-electron chi connectivity index (χ2n) is 6.11. The third-order valence-corrected chi connectivity index (χ3v) is 5.14. The summed E-state index contributed by atoms with van der Waals surface area (Å²) in [7, 11) is 1.66. The van der Waals surface area contributed by atoms with Gasteiger partial charge in [0.05, 0.1) is 25.9 Å². The first-order chi connectivity index (χ1) is 13.8. The highest BCUT2D eigenvalue weighted by Crippen LogP contribution is 2.27. The summed E-state index contributed by atoms with van der Waals surface area (Å²) in [5, 5.41) is 15.1. The first kappa shape index (κ1) is 20.2. The van der Waals surface area contributed by atoms with Crippen LogP contribution in [0.1, 0.15) is 18.9 Å². The average Bonchev–Trinajstić information content (AvgIpc) is 3.20. The predicted molar refractivity (Wildman–Crippen MR) is 109 cm³/mol. The van der Waals surface area contributed by atoms with Gasteiger partial charge in [-0.05, 0) is 47.7 Å². The number of methoxy groups -OCH3 is 1. The van der Waals surface area contributed by atoms with Gasteiger partial charge in [-0.1, -0.05) is 30.0 Å². The Morgan fingerprint density at radius 2 is 1.96 bits per heavy atom. The molecule has 0 aliphatic heterocycles. The molecule has 0 fully saturated rings. The average molecular weight is 401 g/mol. The van der Waals surface area contributed by atoms with Gasteiger partial charge in [0.2, 0.25) is 5.16 Å². The monoisotopic (exact) mass is 400 g/mol. The van der Waals surface area contributed by atoms with Crippen molar-refractivity contribution in [3.05, 3.63) is 54.1 Å². The molecule has 0 unspecified atom stereocenters. The van der Waals surface area contributed by atoms with Crippen molar-refractivity contribution in [1.29, 1.82) is 0 Å². The van der Waals surface area contributed by atoms with E-state index < -0.39 is 0 Å². The van der Waals surface area contributed by atoms with Crippen LogP contribution in [0.25, 0.3) is 5.69 Å². The van der Waals surface area contributed by atoms with Crippen LogP contribution in [0.15, 0.2) is 53.7 Å². The van der Waals surface area contributed by atoms with Crippen LogP contribution in [-0.4, -0.2) is 46.2 Å². The summed E-state index contributed by atoms with van der Waals surface area (Å²) in [6, 6.07) is 16.1. The molecule has 0 spiro atoms. The van der Waals surface area contributed by atoms with Crippen molar-refractivity contribution in [2.75, 3.05) is 26.0 Å². The van der Waals surface area contributed by atoms with Gasteiger partial charge in [0.15, 0.2) is 11.5 Å². The van der Waals surface area contributed by atoms with Crippen molar-refractivity contribution in [1.82, 2.24) is 20.2 Å². The van der Waals surface area contributed by atoms with Crippen LogP contribution in [0.4, 0.5) is 0 Å². The van der Waals surface area contributed by atoms with Gasteiger partial charge in [0.1, 0.15) is 6.54 Å². The summed E-state index contributed by atoms with van der Waals surface area (Å²) < 4.78 is 12.7. The number of quaternary nitrogens is 1. The van der Waals surface area contributed by atoms with Crippen molar-refractivity contribution in [3.8, 4) is 17.2 Å². The Hall–Kier alpha value is -2.58. The number of rotatable bonds is 11. The van der Waals surface area contributed by atoms with Crippen LogP contribution in [-0.2, 0) is 6.54 Å². The van der Waals surface area contributed by atoms with Crippen molar-refractivity contribution in [3.63, 3.8) is 0 Å². The fraction of sp³-hybridized carbons (Fsp3) is 0.350. The lowest BCUT2D eigenvalue weighted by atomic mass is 10.2. The molecular formula is C20H26N5O2S+. The van der Waals surface area contributed by atoms with Crippen LogP contribution in [0.2, 0.25) is 0 Å². The minimum atomic E-state index is 0.628. The maximum Gasteiger partial charge on any atom is 0.214 e. The Balaban J connectivity index is 1.42. The molecule has 0 radical (unpaired) electrons. The Labute approximate surface area is 169 Å². The molecule has 0 amide bonds. The molecule has 3 aromatic rings. The SMILES string of the molecule is CCOc1cc(C[NH2+]CCCSc2nnnn2-c2ccccc2)ccc1OC. The minimum absolute atomic E-state index is 0.628. The number of hydrogen-bond acceptors (Lipinski definition) is 6. The topological polar surface area (TPSA) is 78.7 Å². The Morgan fingerprint density at radius 1 is 1.11 bits per heavy atom. The largest absolute Gasteiger partial charge is 0.493 e. The molecule has 148 valence electrons. The van der Waals surface area contributed by atoms with Gasteiger partial charge in [-0.15, -0.1) is 5.10 Å². The minimum Gasteiger partial charge on any atom is -0.493 e. The maximum absolute atomic E-state index is 5.64. The molecule has 0 aliphatic rings. The number of ether oxygens (including phenoxy) is 2. The van der Waals surface area contributed by atoms with Crippen LogP contribution >= 0.6 is 11.8 Å². The molecule has 0 aliphatic carbocycles. The molecule has 8 heteroatoms. The number of hydrogen-bond donors (Lipinski definition) is 1. The maximum atomic E-state index is 5.64. The molecule has 2 aromatic carbocycles. The first-order valence-electron chi connectivity index (χ1n) is 9.39. The van der Waals surface area contributed by atoms with Gasteiger partial charge in [0, 0.05) is 17.7 Å². The van der Waals surface area contributed by atoms with Crippen LogP contribution in [0.5, 0.6) is 11.5 Å². The molecule has 0 atom stereocenters. The Morgan fingerprint density at radius 3 is 2.75 bits per heavy atom. The zero-order valence-corrected chi connectivity index (χ0v) is 17.1. The van der Waals surface area contributed by atoms with Gasteiger partial charge >= 0.3 is 0 Å². The molecule has 0 saturated heterocycles. The zero-order valence-electron chi connectivity index (χ0n) is 16.2. The zero-order chi connectivity index (χ0) is 19.6. The summed E-state index contributed by atoms with van der Waals surface area (Å²) in [4.78, 5) is 0. The summed E-state index contributed by atoms with van der Waals surface area (Å²) in [6.45, 7) is 4.56. The predicted octanol–water partition coefficient (Wildman–Crippen LogP) is 2.32. The summed E-state index contributed by atoms with van der Waals surface area (Å²) in [6.07, 6.45) is 1.07. The van der Waals surface area contributed by atoms with E-state index in [1.165, 1.54) is 5.56 Å². The van der Waals surface area contributed by atoms with E-state index in [9.17, 15) is 0 Å². The van der Waals surface area contributed by atoms with Gasteiger partial charge < -0.3 is 14.8 Å². The molecule has 1 heterocycles. The number of tetrazole rings is 1. The Kier molecular flexibility index (Phi) is 7.69. The number of aromatic nitrogens is 4. The normalized spacial score (nSPS) is 10.8. The van der Waals surface area contributed by atoms with Gasteiger partial charge in [-0.2, -0.15) is 4.68 Å². The highest BCUT2D eigenvalue weighted by Gasteiger charge is 2.09. The van der Waals surface area contributed by atoms with Crippen LogP contribution < -0.4 is 14.8 Å². The van der Waals surface area contributed by atoms with E-state index in [4.69, 9.17) is 9.47 Å². The number of nitrogens with two attached hydrogens (primary N) is 1.